The van der Waals surface area contributed by atoms with E-state index in [0.717, 1.165) is 45.3 Å². The third kappa shape index (κ3) is 3.73. The van der Waals surface area contributed by atoms with E-state index in [0.29, 0.717) is 11.5 Å². The van der Waals surface area contributed by atoms with E-state index < -0.39 is 0 Å². The average Bonchev–Trinajstić information content (AvgIpc) is 3.30. The molecule has 148 valence electrons. The molecule has 3 heterocycles. The summed E-state index contributed by atoms with van der Waals surface area (Å²) in [6.45, 7) is 7.32. The molecule has 0 radical (unpaired) electrons. The minimum Gasteiger partial charge on any atom is -0.494 e. The molecule has 1 aromatic carbocycles. The summed E-state index contributed by atoms with van der Waals surface area (Å²) in [6.07, 6.45) is 3.85. The largest absolute Gasteiger partial charge is 0.494 e. The normalized spacial score (nSPS) is 11.0. The third-order valence-corrected chi connectivity index (χ3v) is 5.82. The van der Waals surface area contributed by atoms with Crippen molar-refractivity contribution in [3.8, 4) is 16.3 Å². The van der Waals surface area contributed by atoms with E-state index in [4.69, 9.17) is 4.74 Å². The van der Waals surface area contributed by atoms with Gasteiger partial charge in [-0.2, -0.15) is 0 Å². The standard InChI is InChI=1S/C22H22N4O2S/c1-4-26-13-18(17-7-6-12-23-20(17)26)22-24-14(3)19(29-22)21(27)25-15-8-10-16(11-9-15)28-5-2/h6-13H,4-5H2,1-3H3,(H,25,27). The Balaban J connectivity index is 1.62. The Bertz CT molecular complexity index is 1160. The molecule has 0 saturated carbocycles. The monoisotopic (exact) mass is 406 g/mol. The van der Waals surface area contributed by atoms with Crippen LogP contribution in [-0.4, -0.2) is 27.0 Å². The fraction of sp³-hybridized carbons (Fsp3) is 0.227. The van der Waals surface area contributed by atoms with Gasteiger partial charge in [0.05, 0.1) is 12.3 Å². The van der Waals surface area contributed by atoms with Crippen molar-refractivity contribution in [3.05, 3.63) is 59.4 Å². The van der Waals surface area contributed by atoms with Gasteiger partial charge >= 0.3 is 0 Å². The quantitative estimate of drug-likeness (QED) is 0.481. The lowest BCUT2D eigenvalue weighted by molar-refractivity contribution is 0.103. The van der Waals surface area contributed by atoms with Crippen molar-refractivity contribution in [2.24, 2.45) is 0 Å². The van der Waals surface area contributed by atoms with Crippen molar-refractivity contribution in [3.63, 3.8) is 0 Å². The van der Waals surface area contributed by atoms with Crippen LogP contribution in [0, 0.1) is 6.92 Å². The summed E-state index contributed by atoms with van der Waals surface area (Å²) in [7, 11) is 0. The maximum atomic E-state index is 12.8. The van der Waals surface area contributed by atoms with Crippen LogP contribution in [0.1, 0.15) is 29.2 Å². The number of fused-ring (bicyclic) bond motifs is 1. The zero-order valence-corrected chi connectivity index (χ0v) is 17.4. The molecule has 0 saturated heterocycles. The van der Waals surface area contributed by atoms with Crippen molar-refractivity contribution in [2.75, 3.05) is 11.9 Å². The van der Waals surface area contributed by atoms with E-state index in [1.807, 2.05) is 50.2 Å². The highest BCUT2D eigenvalue weighted by Gasteiger charge is 2.19. The Morgan fingerprint density at radius 3 is 2.72 bits per heavy atom. The number of pyridine rings is 1. The summed E-state index contributed by atoms with van der Waals surface area (Å²) in [5.74, 6) is 0.621. The van der Waals surface area contributed by atoms with Crippen LogP contribution < -0.4 is 10.1 Å². The van der Waals surface area contributed by atoms with Crippen molar-refractivity contribution in [1.29, 1.82) is 0 Å². The van der Waals surface area contributed by atoms with E-state index >= 15 is 0 Å². The van der Waals surface area contributed by atoms with Crippen LogP contribution in [0.25, 0.3) is 21.6 Å². The topological polar surface area (TPSA) is 69.0 Å². The molecule has 1 amide bonds. The van der Waals surface area contributed by atoms with Crippen LogP contribution >= 0.6 is 11.3 Å². The number of aryl methyl sites for hydroxylation is 2. The molecule has 4 aromatic rings. The number of hydrogen-bond acceptors (Lipinski definition) is 5. The molecule has 0 fully saturated rings. The molecule has 29 heavy (non-hydrogen) atoms. The van der Waals surface area contributed by atoms with E-state index in [-0.39, 0.29) is 5.91 Å². The summed E-state index contributed by atoms with van der Waals surface area (Å²) >= 11 is 1.40. The Kier molecular flexibility index (Phi) is 5.31. The van der Waals surface area contributed by atoms with Crippen LogP contribution in [0.5, 0.6) is 5.75 Å². The number of rotatable bonds is 6. The number of aromatic nitrogens is 3. The third-order valence-electron chi connectivity index (χ3n) is 4.63. The van der Waals surface area contributed by atoms with Crippen molar-refractivity contribution in [2.45, 2.75) is 27.3 Å². The van der Waals surface area contributed by atoms with Crippen molar-refractivity contribution < 1.29 is 9.53 Å². The zero-order chi connectivity index (χ0) is 20.4. The van der Waals surface area contributed by atoms with E-state index in [9.17, 15) is 4.79 Å². The molecule has 0 spiro atoms. The second-order valence-corrected chi connectivity index (χ2v) is 7.55. The first-order valence-electron chi connectivity index (χ1n) is 9.56. The SMILES string of the molecule is CCOc1ccc(NC(=O)c2sc(-c3cn(CC)c4ncccc34)nc2C)cc1. The van der Waals surface area contributed by atoms with Gasteiger partial charge in [-0.1, -0.05) is 0 Å². The van der Waals surface area contributed by atoms with Crippen LogP contribution in [0.15, 0.2) is 48.8 Å². The Morgan fingerprint density at radius 2 is 2.00 bits per heavy atom. The molecule has 0 bridgehead atoms. The molecule has 7 heteroatoms. The lowest BCUT2D eigenvalue weighted by Gasteiger charge is -2.06. The lowest BCUT2D eigenvalue weighted by atomic mass is 10.2. The first-order chi connectivity index (χ1) is 14.1. The summed E-state index contributed by atoms with van der Waals surface area (Å²) in [5, 5.41) is 4.81. The summed E-state index contributed by atoms with van der Waals surface area (Å²) in [4.78, 5) is 22.6. The molecule has 0 aliphatic rings. The van der Waals surface area contributed by atoms with Crippen LogP contribution in [0.4, 0.5) is 5.69 Å². The Morgan fingerprint density at radius 1 is 1.21 bits per heavy atom. The van der Waals surface area contributed by atoms with Crippen LogP contribution in [-0.2, 0) is 6.54 Å². The number of ether oxygens (including phenoxy) is 1. The van der Waals surface area contributed by atoms with Gasteiger partial charge < -0.3 is 14.6 Å². The number of nitrogens with one attached hydrogen (secondary N) is 1. The highest BCUT2D eigenvalue weighted by molar-refractivity contribution is 7.17. The van der Waals surface area contributed by atoms with Crippen LogP contribution in [0.3, 0.4) is 0 Å². The number of hydrogen-bond donors (Lipinski definition) is 1. The summed E-state index contributed by atoms with van der Waals surface area (Å²) < 4.78 is 7.54. The molecule has 3 aromatic heterocycles. The molecule has 0 atom stereocenters. The number of amides is 1. The second-order valence-electron chi connectivity index (χ2n) is 6.55. The molecule has 1 N–H and O–H groups in total. The van der Waals surface area contributed by atoms with Gasteiger partial charge in [-0.25, -0.2) is 9.97 Å². The van der Waals surface area contributed by atoms with Crippen molar-refractivity contribution in [1.82, 2.24) is 14.5 Å². The Hall–Kier alpha value is -3.19. The number of carbonyl (C=O) groups excluding carboxylic acids is 1. The van der Waals surface area contributed by atoms with E-state index in [2.05, 4.69) is 33.0 Å². The molecular weight excluding hydrogens is 384 g/mol. The molecule has 0 aliphatic heterocycles. The highest BCUT2D eigenvalue weighted by Crippen LogP contribution is 2.34. The number of thiazole rings is 1. The molecule has 0 aliphatic carbocycles. The van der Waals surface area contributed by atoms with Gasteiger partial charge in [0.2, 0.25) is 0 Å². The minimum absolute atomic E-state index is 0.159. The summed E-state index contributed by atoms with van der Waals surface area (Å²) in [6, 6.07) is 11.3. The highest BCUT2D eigenvalue weighted by atomic mass is 32.1. The smallest absolute Gasteiger partial charge is 0.267 e. The fourth-order valence-corrected chi connectivity index (χ4v) is 4.23. The first kappa shape index (κ1) is 19.1. The van der Waals surface area contributed by atoms with Gasteiger partial charge in [0.1, 0.15) is 21.3 Å². The van der Waals surface area contributed by atoms with Gasteiger partial charge in [0.25, 0.3) is 5.91 Å². The van der Waals surface area contributed by atoms with Gasteiger partial charge in [-0.3, -0.25) is 4.79 Å². The summed E-state index contributed by atoms with van der Waals surface area (Å²) in [5.41, 5.74) is 3.37. The predicted molar refractivity (Wildman–Crippen MR) is 117 cm³/mol. The maximum absolute atomic E-state index is 12.8. The second kappa shape index (κ2) is 8.05. The number of benzene rings is 1. The first-order valence-corrected chi connectivity index (χ1v) is 10.4. The van der Waals surface area contributed by atoms with Crippen molar-refractivity contribution >= 4 is 34.0 Å². The van der Waals surface area contributed by atoms with E-state index in [1.54, 1.807) is 6.20 Å². The Labute approximate surface area is 173 Å². The minimum atomic E-state index is -0.159. The zero-order valence-electron chi connectivity index (χ0n) is 16.6. The fourth-order valence-electron chi connectivity index (χ4n) is 3.25. The lowest BCUT2D eigenvalue weighted by Crippen LogP contribution is -2.11. The number of carbonyl (C=O) groups is 1. The van der Waals surface area contributed by atoms with Gasteiger partial charge in [-0.15, -0.1) is 11.3 Å². The predicted octanol–water partition coefficient (Wildman–Crippen LogP) is 5.14. The molecular formula is C22H22N4O2S. The van der Waals surface area contributed by atoms with Gasteiger partial charge in [0, 0.05) is 35.6 Å². The number of nitrogens with zero attached hydrogens (tertiary/aromatic N) is 3. The van der Waals surface area contributed by atoms with E-state index in [1.165, 1.54) is 11.3 Å². The average molecular weight is 407 g/mol. The van der Waals surface area contributed by atoms with Gasteiger partial charge in [0.15, 0.2) is 0 Å². The molecule has 6 nitrogen and oxygen atoms in total. The van der Waals surface area contributed by atoms with Gasteiger partial charge in [-0.05, 0) is 57.2 Å². The number of anilines is 1. The maximum Gasteiger partial charge on any atom is 0.267 e. The molecule has 4 rings (SSSR count). The van der Waals surface area contributed by atoms with Crippen LogP contribution in [0.2, 0.25) is 0 Å². The molecule has 0 unspecified atom stereocenters.